The Morgan fingerprint density at radius 1 is 0.432 bits per heavy atom. The molecule has 4 heterocycles. The van der Waals surface area contributed by atoms with Gasteiger partial charge in [-0.15, -0.1) is 0 Å². The van der Waals surface area contributed by atoms with Crippen LogP contribution in [0.5, 0.6) is 0 Å². The Kier molecular flexibility index (Phi) is 15.3. The molecule has 0 bridgehead atoms. The van der Waals surface area contributed by atoms with Crippen LogP contribution in [0.4, 0.5) is 0 Å². The molecule has 4 aliphatic heterocycles. The Labute approximate surface area is 233 Å². The minimum atomic E-state index is 0. The topological polar surface area (TPSA) is 80.3 Å². The third-order valence-corrected chi connectivity index (χ3v) is 5.78. The molecule has 0 saturated heterocycles. The van der Waals surface area contributed by atoms with Crippen molar-refractivity contribution >= 4 is 0 Å². The van der Waals surface area contributed by atoms with Crippen LogP contribution in [0.25, 0.3) is 0 Å². The molecule has 8 nitrogen and oxygen atoms in total. The first-order valence-electron chi connectivity index (χ1n) is 12.1. The van der Waals surface area contributed by atoms with Crippen molar-refractivity contribution in [3.05, 3.63) is 115 Å². The number of nitrogens with zero attached hydrogens (tertiary/aromatic N) is 4. The summed E-state index contributed by atoms with van der Waals surface area (Å²) in [6, 6.07) is 0.0370. The zero-order chi connectivity index (χ0) is 27.4. The Morgan fingerprint density at radius 2 is 0.595 bits per heavy atom. The number of allylic oxidation sites excluding steroid dienone is 12. The van der Waals surface area contributed by atoms with Gasteiger partial charge in [-0.2, -0.15) is 0 Å². The maximum atomic E-state index is 10.9. The van der Waals surface area contributed by atoms with E-state index in [1.807, 2.05) is 128 Å². The molecule has 0 aromatic rings. The second-order valence-electron chi connectivity index (χ2n) is 9.04. The van der Waals surface area contributed by atoms with Crippen molar-refractivity contribution in [3.63, 3.8) is 0 Å². The van der Waals surface area contributed by atoms with Crippen LogP contribution in [0, 0.1) is 19.6 Å². The van der Waals surface area contributed by atoms with Gasteiger partial charge >= 0.3 is 0 Å². The molecule has 4 aliphatic rings. The Bertz CT molecular complexity index is 947. The second-order valence-corrected chi connectivity index (χ2v) is 9.04. The smallest absolute Gasteiger partial charge is 0.0532 e. The van der Waals surface area contributed by atoms with Crippen LogP contribution >= 0.6 is 0 Å². The molecule has 0 saturated carbocycles. The van der Waals surface area contributed by atoms with Gasteiger partial charge in [-0.3, -0.25) is 0 Å². The third kappa shape index (κ3) is 11.3. The van der Waals surface area contributed by atoms with E-state index in [1.54, 1.807) is 0 Å². The summed E-state index contributed by atoms with van der Waals surface area (Å²) in [7, 11) is 0. The molecule has 0 N–H and O–H groups in total. The minimum Gasteiger partial charge on any atom is -0.0532 e. The van der Waals surface area contributed by atoms with Crippen molar-refractivity contribution in [2.24, 2.45) is 0 Å². The predicted molar refractivity (Wildman–Crippen MR) is 144 cm³/mol. The Balaban J connectivity index is 0.000000463. The van der Waals surface area contributed by atoms with Gasteiger partial charge < -0.3 is 0 Å². The summed E-state index contributed by atoms with van der Waals surface area (Å²) < 4.78 is 4.00. The second kappa shape index (κ2) is 16.7. The van der Waals surface area contributed by atoms with Crippen LogP contribution in [0.2, 0.25) is 0 Å². The fourth-order valence-corrected chi connectivity index (χ4v) is 3.31. The van der Waals surface area contributed by atoms with Crippen LogP contribution < -0.4 is 0 Å². The standard InChI is InChI=1S/4C7H10NO.Pd/c4*1-6-4-3-5-7(2)8(6)9;/h4*3-6H,1-2H3;/q4*+1;. The van der Waals surface area contributed by atoms with Gasteiger partial charge in [0.25, 0.3) is 0 Å². The number of nitroso groups, excluding NO2 is 4. The van der Waals surface area contributed by atoms with E-state index >= 15 is 0 Å². The summed E-state index contributed by atoms with van der Waals surface area (Å²) in [6.45, 7) is 14.8. The summed E-state index contributed by atoms with van der Waals surface area (Å²) >= 11 is 0. The molecule has 4 rings (SSSR count). The fraction of sp³-hybridized carbons (Fsp3) is 0.429. The third-order valence-electron chi connectivity index (χ3n) is 5.78. The van der Waals surface area contributed by atoms with Gasteiger partial charge in [-0.1, -0.05) is 24.3 Å². The summed E-state index contributed by atoms with van der Waals surface area (Å²) in [5.41, 5.74) is 3.13. The zero-order valence-corrected chi connectivity index (χ0v) is 24.5. The van der Waals surface area contributed by atoms with E-state index in [0.29, 0.717) is 0 Å². The molecule has 0 radical (unpaired) electrons. The van der Waals surface area contributed by atoms with Crippen molar-refractivity contribution in [3.8, 4) is 0 Å². The van der Waals surface area contributed by atoms with Gasteiger partial charge in [0.1, 0.15) is 0 Å². The summed E-state index contributed by atoms with van der Waals surface area (Å²) in [5.74, 6) is 0. The predicted octanol–water partition coefficient (Wildman–Crippen LogP) is 6.51. The van der Waals surface area contributed by atoms with Crippen molar-refractivity contribution in [1.82, 2.24) is 0 Å². The summed E-state index contributed by atoms with van der Waals surface area (Å²) in [4.78, 5) is 43.7. The molecule has 0 spiro atoms. The average Bonchev–Trinajstić information content (AvgIpc) is 2.84. The molecule has 0 aromatic heterocycles. The largest absolute Gasteiger partial charge is 0.230 e. The van der Waals surface area contributed by atoms with Crippen LogP contribution in [0.3, 0.4) is 0 Å². The first kappa shape index (κ1) is 34.0. The van der Waals surface area contributed by atoms with Crippen LogP contribution in [-0.4, -0.2) is 43.2 Å². The van der Waals surface area contributed by atoms with Crippen molar-refractivity contribution in [2.45, 2.75) is 79.6 Å². The number of hydrogen-bond acceptors (Lipinski definition) is 4. The maximum absolute atomic E-state index is 10.9. The van der Waals surface area contributed by atoms with E-state index in [4.69, 9.17) is 0 Å². The monoisotopic (exact) mass is 602 g/mol. The van der Waals surface area contributed by atoms with E-state index in [9.17, 15) is 19.6 Å². The van der Waals surface area contributed by atoms with Crippen LogP contribution in [0.1, 0.15) is 55.4 Å². The van der Waals surface area contributed by atoms with Crippen molar-refractivity contribution < 1.29 is 39.5 Å². The molecule has 4 atom stereocenters. The van der Waals surface area contributed by atoms with E-state index in [1.165, 1.54) is 0 Å². The van der Waals surface area contributed by atoms with E-state index in [0.717, 1.165) is 41.8 Å². The first-order valence-corrected chi connectivity index (χ1v) is 12.1. The first-order chi connectivity index (χ1) is 16.9. The molecular formula is C28H40N4O4Pd+4. The average molecular weight is 603 g/mol. The van der Waals surface area contributed by atoms with Crippen molar-refractivity contribution in [1.29, 1.82) is 0 Å². The van der Waals surface area contributed by atoms with E-state index < -0.39 is 0 Å². The van der Waals surface area contributed by atoms with Crippen molar-refractivity contribution in [2.75, 3.05) is 0 Å². The molecule has 9 heteroatoms. The number of hydrogen-bond donors (Lipinski definition) is 0. The Hall–Kier alpha value is -3.02. The molecule has 202 valence electrons. The van der Waals surface area contributed by atoms with E-state index in [-0.39, 0.29) is 44.6 Å². The van der Waals surface area contributed by atoms with Gasteiger partial charge in [0.15, 0.2) is 0 Å². The van der Waals surface area contributed by atoms with Gasteiger partial charge in [-0.05, 0) is 24.3 Å². The van der Waals surface area contributed by atoms with Gasteiger partial charge in [0, 0.05) is 139 Å². The van der Waals surface area contributed by atoms with Gasteiger partial charge in [0.05, 0.1) is 0 Å². The van der Waals surface area contributed by atoms with Crippen LogP contribution in [-0.2, 0) is 20.4 Å². The molecule has 0 fully saturated rings. The molecule has 0 amide bonds. The Morgan fingerprint density at radius 3 is 0.703 bits per heavy atom. The van der Waals surface area contributed by atoms with E-state index in [2.05, 4.69) is 0 Å². The summed E-state index contributed by atoms with van der Waals surface area (Å²) in [6.07, 6.45) is 22.4. The minimum absolute atomic E-state index is 0. The molecule has 0 aliphatic carbocycles. The molecule has 37 heavy (non-hydrogen) atoms. The fourth-order valence-electron chi connectivity index (χ4n) is 3.31. The maximum Gasteiger partial charge on any atom is 0.230 e. The molecule has 4 unspecified atom stereocenters. The van der Waals surface area contributed by atoms with Gasteiger partial charge in [-0.25, -0.2) is 0 Å². The number of rotatable bonds is 0. The molecule has 0 aromatic carbocycles. The SMILES string of the molecule is CC1=CC=CC(C)[N+]1=O.CC1=CC=CC(C)[N+]1=O.CC1=CC=CC(C)[N+]1=O.CC1=CC=CC(C)[N+]1=O.[Pd]. The summed E-state index contributed by atoms with van der Waals surface area (Å²) in [5, 5.41) is 0. The van der Waals surface area contributed by atoms with Crippen LogP contribution in [0.15, 0.2) is 95.7 Å². The quantitative estimate of drug-likeness (QED) is 0.234. The zero-order valence-electron chi connectivity index (χ0n) is 23.0. The normalized spacial score (nSPS) is 25.5. The van der Waals surface area contributed by atoms with Gasteiger partial charge in [0.2, 0.25) is 47.0 Å². The molecular weight excluding hydrogens is 563 g/mol.